The molecule has 262 valence electrons. The average molecular weight is 651 g/mol. The molecule has 7 N–H and O–H groups in total. The number of hydrogen-bond acceptors (Lipinski definition) is 10. The van der Waals surface area contributed by atoms with Crippen molar-refractivity contribution >= 4 is 5.97 Å². The largest absolute Gasteiger partial charge is 0.432 e. The molecule has 11 unspecified atom stereocenters. The van der Waals surface area contributed by atoms with Crippen LogP contribution in [0.4, 0.5) is 0 Å². The molecular weight excluding hydrogens is 592 g/mol. The van der Waals surface area contributed by atoms with Crippen molar-refractivity contribution in [1.29, 1.82) is 0 Å². The summed E-state index contributed by atoms with van der Waals surface area (Å²) < 4.78 is 11.5. The van der Waals surface area contributed by atoms with E-state index >= 15 is 0 Å². The first-order chi connectivity index (χ1) is 21.4. The molecule has 1 aliphatic heterocycles. The van der Waals surface area contributed by atoms with E-state index < -0.39 is 71.7 Å². The molecule has 0 spiro atoms. The fourth-order valence-corrected chi connectivity index (χ4v) is 12.3. The smallest absolute Gasteiger partial charge is 0.315 e. The van der Waals surface area contributed by atoms with Gasteiger partial charge in [-0.15, -0.1) is 0 Å². The Kier molecular flexibility index (Phi) is 8.46. The Bertz CT molecular complexity index is 1240. The summed E-state index contributed by atoms with van der Waals surface area (Å²) in [4.78, 5) is 14.5. The van der Waals surface area contributed by atoms with Crippen LogP contribution in [0, 0.1) is 50.7 Å². The zero-order valence-corrected chi connectivity index (χ0v) is 28.5. The van der Waals surface area contributed by atoms with Crippen molar-refractivity contribution < 1.29 is 50.0 Å². The van der Waals surface area contributed by atoms with Crippen molar-refractivity contribution in [3.05, 3.63) is 11.6 Å². The predicted molar refractivity (Wildman–Crippen MR) is 168 cm³/mol. The quantitative estimate of drug-likeness (QED) is 0.177. The van der Waals surface area contributed by atoms with Gasteiger partial charge in [0, 0.05) is 11.3 Å². The second-order valence-electron chi connectivity index (χ2n) is 17.4. The highest BCUT2D eigenvalue weighted by molar-refractivity contribution is 5.79. The van der Waals surface area contributed by atoms with Gasteiger partial charge in [0.05, 0.1) is 30.3 Å². The lowest BCUT2D eigenvalue weighted by molar-refractivity contribution is -0.299. The monoisotopic (exact) mass is 650 g/mol. The van der Waals surface area contributed by atoms with Crippen LogP contribution < -0.4 is 0 Å². The first kappa shape index (κ1) is 34.7. The van der Waals surface area contributed by atoms with Gasteiger partial charge in [0.1, 0.15) is 24.4 Å². The molecule has 46 heavy (non-hydrogen) atoms. The minimum absolute atomic E-state index is 0.0435. The summed E-state index contributed by atoms with van der Waals surface area (Å²) in [6.07, 6.45) is 0.492. The van der Waals surface area contributed by atoms with Crippen molar-refractivity contribution in [2.75, 3.05) is 13.2 Å². The average Bonchev–Trinajstić information content (AvgIpc) is 3.01. The summed E-state index contributed by atoms with van der Waals surface area (Å²) in [7, 11) is 0. The molecule has 0 amide bonds. The van der Waals surface area contributed by atoms with Crippen LogP contribution in [0.2, 0.25) is 0 Å². The summed E-state index contributed by atoms with van der Waals surface area (Å²) in [6, 6.07) is 0. The number of allylic oxidation sites excluding steroid dienone is 1. The molecule has 5 fully saturated rings. The van der Waals surface area contributed by atoms with Crippen LogP contribution in [0.25, 0.3) is 0 Å². The number of aliphatic hydroxyl groups is 7. The number of carbonyl (C=O) groups excluding carboxylic acids is 1. The molecule has 1 saturated heterocycles. The standard InChI is InChI=1S/C36H58O10/c1-19-9-14-36(30(43)46-29-27(42)26(41)25(40)21(17-37)45-29)16-15-33(4)20(28(36)35(19,6)44)7-8-23-31(2)12-11-24(39)32(3,18-38)22(31)10-13-34(23,33)5/h7,19,21-29,37-42,44H,8-18H2,1-6H3/t19?,21-,22?,23?,24?,25-,26+,27-,28?,29+,31?,32?,33?,34?,35?,36?/m1/s1. The summed E-state index contributed by atoms with van der Waals surface area (Å²) in [5.41, 5.74) is -2.34. The predicted octanol–water partition coefficient (Wildman–Crippen LogP) is 2.44. The summed E-state index contributed by atoms with van der Waals surface area (Å²) in [5.74, 6) is -0.749. The van der Waals surface area contributed by atoms with Crippen LogP contribution in [0.5, 0.6) is 0 Å². The molecule has 6 rings (SSSR count). The van der Waals surface area contributed by atoms with Crippen LogP contribution in [-0.2, 0) is 14.3 Å². The topological polar surface area (TPSA) is 177 Å². The fraction of sp³-hybridized carbons (Fsp3) is 0.917. The van der Waals surface area contributed by atoms with E-state index in [1.165, 1.54) is 0 Å². The van der Waals surface area contributed by atoms with Gasteiger partial charge in [0.2, 0.25) is 6.29 Å². The van der Waals surface area contributed by atoms with E-state index in [1.807, 2.05) is 20.8 Å². The highest BCUT2D eigenvalue weighted by atomic mass is 16.7. The van der Waals surface area contributed by atoms with E-state index in [0.29, 0.717) is 38.0 Å². The number of ether oxygens (including phenoxy) is 2. The molecule has 1 heterocycles. The van der Waals surface area contributed by atoms with Gasteiger partial charge in [-0.25, -0.2) is 0 Å². The molecule has 10 heteroatoms. The summed E-state index contributed by atoms with van der Waals surface area (Å²) >= 11 is 0. The molecule has 4 saturated carbocycles. The lowest BCUT2D eigenvalue weighted by Gasteiger charge is -2.72. The third kappa shape index (κ3) is 4.39. The molecule has 0 bridgehead atoms. The van der Waals surface area contributed by atoms with E-state index in [2.05, 4.69) is 26.8 Å². The second kappa shape index (κ2) is 11.2. The van der Waals surface area contributed by atoms with E-state index in [9.17, 15) is 40.5 Å². The molecule has 0 aromatic carbocycles. The van der Waals surface area contributed by atoms with Crippen molar-refractivity contribution in [2.45, 2.75) is 142 Å². The third-order valence-electron chi connectivity index (χ3n) is 15.7. The van der Waals surface area contributed by atoms with E-state index in [0.717, 1.165) is 31.3 Å². The van der Waals surface area contributed by atoms with Gasteiger partial charge in [0.25, 0.3) is 0 Å². The summed E-state index contributed by atoms with van der Waals surface area (Å²) in [5, 5.41) is 75.0. The van der Waals surface area contributed by atoms with Gasteiger partial charge >= 0.3 is 5.97 Å². The maximum Gasteiger partial charge on any atom is 0.315 e. The van der Waals surface area contributed by atoms with Gasteiger partial charge in [-0.2, -0.15) is 0 Å². The molecular formula is C36H58O10. The molecule has 10 nitrogen and oxygen atoms in total. The Morgan fingerprint density at radius 3 is 2.24 bits per heavy atom. The highest BCUT2D eigenvalue weighted by Gasteiger charge is 2.72. The second-order valence-corrected chi connectivity index (χ2v) is 17.4. The molecule has 0 aromatic heterocycles. The molecule has 0 aromatic rings. The van der Waals surface area contributed by atoms with Gasteiger partial charge < -0.3 is 45.2 Å². The van der Waals surface area contributed by atoms with Crippen molar-refractivity contribution in [3.63, 3.8) is 0 Å². The van der Waals surface area contributed by atoms with E-state index in [-0.39, 0.29) is 34.7 Å². The SMILES string of the molecule is CC1CCC2(C(=O)O[C@@H]3O[C@H](CO)[C@@H](O)[C@H](O)[C@H]3O)CCC3(C)C(=CCC4C5(C)CCC(O)C(C)(CO)C5CCC43C)C2C1(C)O. The number of hydrogen-bond donors (Lipinski definition) is 7. The first-order valence-electron chi connectivity index (χ1n) is 17.6. The number of aliphatic hydroxyl groups excluding tert-OH is 6. The Morgan fingerprint density at radius 2 is 1.59 bits per heavy atom. The Morgan fingerprint density at radius 1 is 0.891 bits per heavy atom. The Balaban J connectivity index is 1.39. The van der Waals surface area contributed by atoms with E-state index in [1.54, 1.807) is 0 Å². The van der Waals surface area contributed by atoms with Crippen LogP contribution in [0.15, 0.2) is 11.6 Å². The lowest BCUT2D eigenvalue weighted by atomic mass is 9.33. The molecule has 0 radical (unpaired) electrons. The normalized spacial score (nSPS) is 56.8. The number of rotatable bonds is 4. The van der Waals surface area contributed by atoms with Crippen molar-refractivity contribution in [2.24, 2.45) is 50.7 Å². The van der Waals surface area contributed by atoms with Crippen molar-refractivity contribution in [3.8, 4) is 0 Å². The van der Waals surface area contributed by atoms with E-state index in [4.69, 9.17) is 9.47 Å². The number of esters is 1. The number of carbonyl (C=O) groups is 1. The van der Waals surface area contributed by atoms with Crippen LogP contribution >= 0.6 is 0 Å². The minimum atomic E-state index is -1.70. The maximum absolute atomic E-state index is 14.5. The molecule has 6 aliphatic rings. The zero-order valence-electron chi connectivity index (χ0n) is 28.5. The summed E-state index contributed by atoms with van der Waals surface area (Å²) in [6.45, 7) is 12.3. The Hall–Kier alpha value is -1.11. The zero-order chi connectivity index (χ0) is 33.8. The van der Waals surface area contributed by atoms with Gasteiger partial charge in [-0.1, -0.05) is 46.3 Å². The highest BCUT2D eigenvalue weighted by Crippen LogP contribution is 2.76. The van der Waals surface area contributed by atoms with Crippen molar-refractivity contribution in [1.82, 2.24) is 0 Å². The number of fused-ring (bicyclic) bond motifs is 7. The lowest BCUT2D eigenvalue weighted by Crippen LogP contribution is -2.68. The first-order valence-corrected chi connectivity index (χ1v) is 17.6. The van der Waals surface area contributed by atoms with Gasteiger partial charge in [-0.05, 0) is 98.7 Å². The van der Waals surface area contributed by atoms with Gasteiger partial charge in [0.15, 0.2) is 0 Å². The van der Waals surface area contributed by atoms with Crippen LogP contribution in [0.3, 0.4) is 0 Å². The maximum atomic E-state index is 14.5. The minimum Gasteiger partial charge on any atom is -0.432 e. The molecule has 5 aliphatic carbocycles. The third-order valence-corrected chi connectivity index (χ3v) is 15.7. The Labute approximate surface area is 273 Å². The fourth-order valence-electron chi connectivity index (χ4n) is 12.3. The van der Waals surface area contributed by atoms with Crippen LogP contribution in [0.1, 0.15) is 99.3 Å². The van der Waals surface area contributed by atoms with Crippen LogP contribution in [-0.4, -0.2) is 97.3 Å². The van der Waals surface area contributed by atoms with Gasteiger partial charge in [-0.3, -0.25) is 4.79 Å². The molecule has 16 atom stereocenters.